The normalized spacial score (nSPS) is 22.1. The van der Waals surface area contributed by atoms with Crippen LogP contribution in [0.5, 0.6) is 0 Å². The lowest BCUT2D eigenvalue weighted by atomic mass is 9.85. The van der Waals surface area contributed by atoms with Crippen molar-refractivity contribution in [3.8, 4) is 0 Å². The number of hydrogen-bond donors (Lipinski definition) is 0. The van der Waals surface area contributed by atoms with E-state index in [0.717, 1.165) is 32.1 Å². The van der Waals surface area contributed by atoms with Crippen LogP contribution in [0.1, 0.15) is 59.3 Å². The number of carbonyl (C=O) groups excluding carboxylic acids is 2. The molecule has 0 aromatic heterocycles. The smallest absolute Gasteiger partial charge is 0.160 e. The van der Waals surface area contributed by atoms with E-state index in [-0.39, 0.29) is 11.2 Å². The summed E-state index contributed by atoms with van der Waals surface area (Å²) in [6.07, 6.45) is 9.37. The molecule has 1 rings (SSSR count). The van der Waals surface area contributed by atoms with Crippen molar-refractivity contribution in [2.24, 2.45) is 11.3 Å². The van der Waals surface area contributed by atoms with E-state index in [9.17, 15) is 9.59 Å². The Bertz CT molecular complexity index is 307. The summed E-state index contributed by atoms with van der Waals surface area (Å²) in [6, 6.07) is 0. The van der Waals surface area contributed by atoms with Crippen LogP contribution in [-0.2, 0) is 9.59 Å². The highest BCUT2D eigenvalue weighted by atomic mass is 16.1. The zero-order chi connectivity index (χ0) is 12.9. The van der Waals surface area contributed by atoms with Gasteiger partial charge in [-0.05, 0) is 37.7 Å². The molecule has 1 saturated carbocycles. The SMILES string of the molecule is CC(C)(C)C(=O)C=CCCC1CCCC(=O)C1. The largest absolute Gasteiger partial charge is 0.300 e. The Balaban J connectivity index is 2.25. The number of rotatable bonds is 4. The van der Waals surface area contributed by atoms with Crippen LogP contribution < -0.4 is 0 Å². The minimum absolute atomic E-state index is 0.178. The monoisotopic (exact) mass is 236 g/mol. The van der Waals surface area contributed by atoms with Crippen molar-refractivity contribution < 1.29 is 9.59 Å². The number of hydrogen-bond acceptors (Lipinski definition) is 2. The van der Waals surface area contributed by atoms with E-state index < -0.39 is 0 Å². The van der Waals surface area contributed by atoms with Gasteiger partial charge in [0.15, 0.2) is 5.78 Å². The molecule has 0 saturated heterocycles. The Morgan fingerprint density at radius 1 is 1.41 bits per heavy atom. The van der Waals surface area contributed by atoms with Gasteiger partial charge in [0.2, 0.25) is 0 Å². The quantitative estimate of drug-likeness (QED) is 0.697. The first kappa shape index (κ1) is 14.1. The van der Waals surface area contributed by atoms with Gasteiger partial charge in [0.05, 0.1) is 0 Å². The lowest BCUT2D eigenvalue weighted by Gasteiger charge is -2.19. The number of ketones is 2. The van der Waals surface area contributed by atoms with Crippen molar-refractivity contribution in [2.75, 3.05) is 0 Å². The predicted molar refractivity (Wildman–Crippen MR) is 69.8 cm³/mol. The van der Waals surface area contributed by atoms with Gasteiger partial charge < -0.3 is 0 Å². The first-order valence-electron chi connectivity index (χ1n) is 6.62. The summed E-state index contributed by atoms with van der Waals surface area (Å²) < 4.78 is 0. The fraction of sp³-hybridized carbons (Fsp3) is 0.733. The maximum Gasteiger partial charge on any atom is 0.160 e. The highest BCUT2D eigenvalue weighted by Gasteiger charge is 2.19. The first-order chi connectivity index (χ1) is 7.89. The molecule has 17 heavy (non-hydrogen) atoms. The maximum absolute atomic E-state index is 11.6. The van der Waals surface area contributed by atoms with Gasteiger partial charge in [-0.2, -0.15) is 0 Å². The Labute approximate surface area is 104 Å². The van der Waals surface area contributed by atoms with Crippen molar-refractivity contribution in [1.82, 2.24) is 0 Å². The second kappa shape index (κ2) is 6.13. The molecule has 1 aliphatic carbocycles. The van der Waals surface area contributed by atoms with Gasteiger partial charge in [0.25, 0.3) is 0 Å². The Kier molecular flexibility index (Phi) is 5.10. The van der Waals surface area contributed by atoms with Gasteiger partial charge in [-0.15, -0.1) is 0 Å². The summed E-state index contributed by atoms with van der Waals surface area (Å²) in [5.74, 6) is 1.14. The lowest BCUT2D eigenvalue weighted by Crippen LogP contribution is -2.17. The summed E-state index contributed by atoms with van der Waals surface area (Å²) in [7, 11) is 0. The highest BCUT2D eigenvalue weighted by Crippen LogP contribution is 2.25. The zero-order valence-electron chi connectivity index (χ0n) is 11.3. The minimum Gasteiger partial charge on any atom is -0.300 e. The third-order valence-corrected chi connectivity index (χ3v) is 3.33. The molecule has 0 amide bonds. The Hall–Kier alpha value is -0.920. The average Bonchev–Trinajstić information content (AvgIpc) is 2.23. The Morgan fingerprint density at radius 2 is 2.12 bits per heavy atom. The fourth-order valence-corrected chi connectivity index (χ4v) is 2.13. The van der Waals surface area contributed by atoms with Crippen LogP contribution in [0.2, 0.25) is 0 Å². The lowest BCUT2D eigenvalue weighted by molar-refractivity contribution is -0.122. The van der Waals surface area contributed by atoms with Gasteiger partial charge in [0.1, 0.15) is 5.78 Å². The average molecular weight is 236 g/mol. The highest BCUT2D eigenvalue weighted by molar-refractivity contribution is 5.93. The van der Waals surface area contributed by atoms with E-state index in [1.54, 1.807) is 6.08 Å². The maximum atomic E-state index is 11.6. The summed E-state index contributed by atoms with van der Waals surface area (Å²) in [5.41, 5.74) is -0.280. The van der Waals surface area contributed by atoms with Gasteiger partial charge in [-0.25, -0.2) is 0 Å². The number of carbonyl (C=O) groups is 2. The molecular weight excluding hydrogens is 212 g/mol. The van der Waals surface area contributed by atoms with Crippen LogP contribution in [0.4, 0.5) is 0 Å². The second-order valence-electron chi connectivity index (χ2n) is 6.10. The van der Waals surface area contributed by atoms with E-state index in [2.05, 4.69) is 0 Å². The third-order valence-electron chi connectivity index (χ3n) is 3.33. The van der Waals surface area contributed by atoms with Crippen molar-refractivity contribution >= 4 is 11.6 Å². The van der Waals surface area contributed by atoms with Crippen molar-refractivity contribution in [1.29, 1.82) is 0 Å². The van der Waals surface area contributed by atoms with Gasteiger partial charge in [-0.1, -0.05) is 26.8 Å². The molecular formula is C15H24O2. The van der Waals surface area contributed by atoms with E-state index in [1.165, 1.54) is 6.42 Å². The summed E-state index contributed by atoms with van der Waals surface area (Å²) in [6.45, 7) is 5.79. The van der Waals surface area contributed by atoms with Crippen LogP contribution in [0, 0.1) is 11.3 Å². The molecule has 1 fully saturated rings. The van der Waals surface area contributed by atoms with E-state index >= 15 is 0 Å². The van der Waals surface area contributed by atoms with Crippen LogP contribution in [0.25, 0.3) is 0 Å². The van der Waals surface area contributed by atoms with E-state index in [1.807, 2.05) is 26.8 Å². The van der Waals surface area contributed by atoms with E-state index in [4.69, 9.17) is 0 Å². The molecule has 0 radical (unpaired) electrons. The summed E-state index contributed by atoms with van der Waals surface area (Å²) >= 11 is 0. The molecule has 0 aliphatic heterocycles. The van der Waals surface area contributed by atoms with Crippen LogP contribution >= 0.6 is 0 Å². The van der Waals surface area contributed by atoms with Crippen molar-refractivity contribution in [3.63, 3.8) is 0 Å². The zero-order valence-corrected chi connectivity index (χ0v) is 11.3. The molecule has 0 aromatic carbocycles. The molecule has 1 aliphatic rings. The van der Waals surface area contributed by atoms with Crippen LogP contribution in [0.15, 0.2) is 12.2 Å². The van der Waals surface area contributed by atoms with Crippen LogP contribution in [0.3, 0.4) is 0 Å². The molecule has 0 bridgehead atoms. The number of allylic oxidation sites excluding steroid dienone is 2. The fourth-order valence-electron chi connectivity index (χ4n) is 2.13. The predicted octanol–water partition coefficient (Wildman–Crippen LogP) is 3.70. The van der Waals surface area contributed by atoms with Crippen LogP contribution in [-0.4, -0.2) is 11.6 Å². The van der Waals surface area contributed by atoms with Gasteiger partial charge in [0, 0.05) is 18.3 Å². The third kappa shape index (κ3) is 5.29. The molecule has 1 atom stereocenters. The molecule has 0 spiro atoms. The first-order valence-corrected chi connectivity index (χ1v) is 6.62. The molecule has 0 heterocycles. The molecule has 96 valence electrons. The molecule has 0 N–H and O–H groups in total. The van der Waals surface area contributed by atoms with Crippen molar-refractivity contribution in [2.45, 2.75) is 59.3 Å². The Morgan fingerprint density at radius 3 is 2.71 bits per heavy atom. The molecule has 0 aromatic rings. The van der Waals surface area contributed by atoms with Gasteiger partial charge >= 0.3 is 0 Å². The molecule has 1 unspecified atom stereocenters. The molecule has 2 nitrogen and oxygen atoms in total. The second-order valence-corrected chi connectivity index (χ2v) is 6.10. The standard InChI is InChI=1S/C15H24O2/c1-15(2,3)14(17)10-5-4-7-12-8-6-9-13(16)11-12/h5,10,12H,4,6-9,11H2,1-3H3. The molecule has 2 heteroatoms. The number of Topliss-reactive ketones (excluding diaryl/α,β-unsaturated/α-hetero) is 1. The topological polar surface area (TPSA) is 34.1 Å². The van der Waals surface area contributed by atoms with Crippen molar-refractivity contribution in [3.05, 3.63) is 12.2 Å². The minimum atomic E-state index is -0.280. The summed E-state index contributed by atoms with van der Waals surface area (Å²) in [5, 5.41) is 0. The van der Waals surface area contributed by atoms with E-state index in [0.29, 0.717) is 11.7 Å². The van der Waals surface area contributed by atoms with Gasteiger partial charge in [-0.3, -0.25) is 9.59 Å². The summed E-state index contributed by atoms with van der Waals surface area (Å²) in [4.78, 5) is 22.9.